The lowest BCUT2D eigenvalue weighted by molar-refractivity contribution is 1.07. The fraction of sp³-hybridized carbons (Fsp3) is 0. The molecular formula is C63H40N4. The molecule has 0 amide bonds. The zero-order valence-electron chi connectivity index (χ0n) is 36.4. The summed E-state index contributed by atoms with van der Waals surface area (Å²) in [5.74, 6) is 1.87. The topological polar surface area (TPSA) is 43.6 Å². The molecule has 0 saturated heterocycles. The second-order valence-corrected chi connectivity index (χ2v) is 17.2. The fourth-order valence-electron chi connectivity index (χ4n) is 9.93. The molecule has 0 saturated carbocycles. The van der Waals surface area contributed by atoms with Crippen LogP contribution in [0.2, 0.25) is 0 Å². The third kappa shape index (κ3) is 6.74. The van der Waals surface area contributed by atoms with Crippen molar-refractivity contribution in [3.8, 4) is 73.2 Å². The summed E-state index contributed by atoms with van der Waals surface area (Å²) in [6.45, 7) is 0. The Morgan fingerprint density at radius 2 is 0.612 bits per heavy atom. The Morgan fingerprint density at radius 1 is 0.239 bits per heavy atom. The number of aromatic nitrogens is 4. The lowest BCUT2D eigenvalue weighted by Crippen LogP contribution is -2.00. The molecule has 0 atom stereocenters. The van der Waals surface area contributed by atoms with E-state index in [0.717, 1.165) is 44.6 Å². The van der Waals surface area contributed by atoms with E-state index in [1.54, 1.807) is 0 Å². The highest BCUT2D eigenvalue weighted by atomic mass is 15.0. The van der Waals surface area contributed by atoms with Crippen LogP contribution in [0.15, 0.2) is 243 Å². The van der Waals surface area contributed by atoms with Gasteiger partial charge in [-0.3, -0.25) is 0 Å². The second-order valence-electron chi connectivity index (χ2n) is 17.2. The Balaban J connectivity index is 0.864. The molecule has 67 heavy (non-hydrogen) atoms. The van der Waals surface area contributed by atoms with Crippen LogP contribution < -0.4 is 0 Å². The van der Waals surface area contributed by atoms with Crippen LogP contribution in [0.25, 0.3) is 127 Å². The molecule has 13 rings (SSSR count). The van der Waals surface area contributed by atoms with Gasteiger partial charge in [0.2, 0.25) is 0 Å². The summed E-state index contributed by atoms with van der Waals surface area (Å²) >= 11 is 0. The van der Waals surface area contributed by atoms with Gasteiger partial charge in [0.05, 0.1) is 11.0 Å². The van der Waals surface area contributed by atoms with Gasteiger partial charge in [-0.05, 0) is 78.5 Å². The van der Waals surface area contributed by atoms with Gasteiger partial charge in [-0.25, -0.2) is 15.0 Å². The van der Waals surface area contributed by atoms with Crippen LogP contribution >= 0.6 is 0 Å². The molecule has 312 valence electrons. The molecule has 4 heteroatoms. The molecule has 11 aromatic carbocycles. The predicted octanol–water partition coefficient (Wildman–Crippen LogP) is 16.4. The summed E-state index contributed by atoms with van der Waals surface area (Å²) in [6.07, 6.45) is 0. The van der Waals surface area contributed by atoms with E-state index in [-0.39, 0.29) is 0 Å². The van der Waals surface area contributed by atoms with Crippen molar-refractivity contribution in [1.82, 2.24) is 19.5 Å². The molecule has 0 aliphatic rings. The first-order chi connectivity index (χ1) is 33.2. The first-order valence-electron chi connectivity index (χ1n) is 22.8. The summed E-state index contributed by atoms with van der Waals surface area (Å²) in [5, 5.41) is 9.89. The summed E-state index contributed by atoms with van der Waals surface area (Å²) < 4.78 is 2.41. The molecule has 0 aliphatic heterocycles. The van der Waals surface area contributed by atoms with Gasteiger partial charge in [0.1, 0.15) is 0 Å². The molecule has 0 bridgehead atoms. The maximum atomic E-state index is 5.14. The van der Waals surface area contributed by atoms with Crippen molar-refractivity contribution in [3.63, 3.8) is 0 Å². The molecule has 4 nitrogen and oxygen atoms in total. The van der Waals surface area contributed by atoms with Crippen molar-refractivity contribution in [2.45, 2.75) is 0 Å². The van der Waals surface area contributed by atoms with Crippen LogP contribution in [0, 0.1) is 0 Å². The number of para-hydroxylation sites is 1. The molecule has 0 radical (unpaired) electrons. The highest BCUT2D eigenvalue weighted by molar-refractivity contribution is 6.18. The monoisotopic (exact) mass is 852 g/mol. The smallest absolute Gasteiger partial charge is 0.164 e. The number of hydrogen-bond donors (Lipinski definition) is 0. The highest BCUT2D eigenvalue weighted by Crippen LogP contribution is 2.38. The van der Waals surface area contributed by atoms with Gasteiger partial charge in [0, 0.05) is 38.5 Å². The van der Waals surface area contributed by atoms with E-state index in [0.29, 0.717) is 17.5 Å². The van der Waals surface area contributed by atoms with Gasteiger partial charge in [-0.15, -0.1) is 0 Å². The third-order valence-corrected chi connectivity index (χ3v) is 13.3. The van der Waals surface area contributed by atoms with E-state index >= 15 is 0 Å². The van der Waals surface area contributed by atoms with Gasteiger partial charge in [-0.1, -0.05) is 224 Å². The molecule has 0 fully saturated rings. The van der Waals surface area contributed by atoms with Gasteiger partial charge in [0.15, 0.2) is 17.5 Å². The Bertz CT molecular complexity index is 3850. The maximum Gasteiger partial charge on any atom is 0.164 e. The van der Waals surface area contributed by atoms with Crippen LogP contribution in [-0.2, 0) is 0 Å². The summed E-state index contributed by atoms with van der Waals surface area (Å²) in [5.41, 5.74) is 13.3. The minimum Gasteiger partial charge on any atom is -0.309 e. The van der Waals surface area contributed by atoms with E-state index in [1.165, 1.54) is 65.3 Å². The predicted molar refractivity (Wildman–Crippen MR) is 279 cm³/mol. The fourth-order valence-corrected chi connectivity index (χ4v) is 9.93. The number of hydrogen-bond acceptors (Lipinski definition) is 3. The van der Waals surface area contributed by atoms with Crippen LogP contribution in [-0.4, -0.2) is 19.5 Å². The number of fused-ring (bicyclic) bond motifs is 7. The van der Waals surface area contributed by atoms with Gasteiger partial charge in [-0.2, -0.15) is 0 Å². The van der Waals surface area contributed by atoms with Crippen molar-refractivity contribution >= 4 is 54.1 Å². The Labute approximate surface area is 387 Å². The largest absolute Gasteiger partial charge is 0.309 e. The van der Waals surface area contributed by atoms with Gasteiger partial charge < -0.3 is 4.57 Å². The third-order valence-electron chi connectivity index (χ3n) is 13.3. The zero-order valence-corrected chi connectivity index (χ0v) is 36.4. The van der Waals surface area contributed by atoms with Crippen molar-refractivity contribution < 1.29 is 0 Å². The SMILES string of the molecule is c1ccc2c(-c3ccc(-c4nc(-c5ccc(-c6ccc(-n7c8ccccc8c8ccc9ccccc9c87)cc6)cc5)nc(-c5ccc(-c6cccc7ccccc67)cc5)n4)cc3)cccc2c1. The summed E-state index contributed by atoms with van der Waals surface area (Å²) in [6, 6.07) is 86.5. The normalized spacial score (nSPS) is 11.6. The second kappa shape index (κ2) is 15.9. The number of rotatable bonds is 7. The number of benzene rings is 11. The quantitative estimate of drug-likeness (QED) is 0.160. The van der Waals surface area contributed by atoms with Crippen molar-refractivity contribution in [1.29, 1.82) is 0 Å². The van der Waals surface area contributed by atoms with E-state index in [1.807, 2.05) is 0 Å². The summed E-state index contributed by atoms with van der Waals surface area (Å²) in [7, 11) is 0. The van der Waals surface area contributed by atoms with Crippen molar-refractivity contribution in [2.75, 3.05) is 0 Å². The molecule has 0 aliphatic carbocycles. The average molecular weight is 853 g/mol. The minimum atomic E-state index is 0.622. The van der Waals surface area contributed by atoms with Crippen molar-refractivity contribution in [3.05, 3.63) is 243 Å². The maximum absolute atomic E-state index is 5.14. The molecule has 2 aromatic heterocycles. The van der Waals surface area contributed by atoms with Crippen LogP contribution in [0.1, 0.15) is 0 Å². The van der Waals surface area contributed by atoms with E-state index < -0.39 is 0 Å². The number of nitrogens with zero attached hydrogens (tertiary/aromatic N) is 4. The average Bonchev–Trinajstić information content (AvgIpc) is 3.75. The van der Waals surface area contributed by atoms with Crippen molar-refractivity contribution in [2.24, 2.45) is 0 Å². The molecule has 0 spiro atoms. The highest BCUT2D eigenvalue weighted by Gasteiger charge is 2.17. The molecule has 0 N–H and O–H groups in total. The van der Waals surface area contributed by atoms with Gasteiger partial charge in [0.25, 0.3) is 0 Å². The van der Waals surface area contributed by atoms with E-state index in [4.69, 9.17) is 15.0 Å². The van der Waals surface area contributed by atoms with Gasteiger partial charge >= 0.3 is 0 Å². The van der Waals surface area contributed by atoms with Crippen LogP contribution in [0.4, 0.5) is 0 Å². The first-order valence-corrected chi connectivity index (χ1v) is 22.8. The molecule has 13 aromatic rings. The Morgan fingerprint density at radius 3 is 1.12 bits per heavy atom. The molecule has 0 unspecified atom stereocenters. The van der Waals surface area contributed by atoms with E-state index in [9.17, 15) is 0 Å². The lowest BCUT2D eigenvalue weighted by Gasteiger charge is -2.12. The van der Waals surface area contributed by atoms with Crippen LogP contribution in [0.5, 0.6) is 0 Å². The zero-order chi connectivity index (χ0) is 44.3. The Hall–Kier alpha value is -8.99. The van der Waals surface area contributed by atoms with E-state index in [2.05, 4.69) is 247 Å². The summed E-state index contributed by atoms with van der Waals surface area (Å²) in [4.78, 5) is 15.4. The first kappa shape index (κ1) is 38.5. The molecule has 2 heterocycles. The minimum absolute atomic E-state index is 0.622. The molecular weight excluding hydrogens is 813 g/mol. The Kier molecular flexibility index (Phi) is 9.14. The van der Waals surface area contributed by atoms with Crippen LogP contribution in [0.3, 0.4) is 0 Å². The lowest BCUT2D eigenvalue weighted by atomic mass is 9.97. The standard InChI is InChI=1S/C63H40N4/c1-4-16-52-43(11-1)14-9-20-54(52)46-25-31-49(32-26-46)62-64-61(65-63(66-62)50-33-27-47(28-34-50)55-21-10-15-44-12-2-5-17-53(44)55)48-29-23-41(24-30-48)42-35-38-51(39-36-42)67-59-22-8-7-19-57(59)58-40-37-45-13-3-6-18-56(45)60(58)67/h1-40H.